The van der Waals surface area contributed by atoms with Gasteiger partial charge in [-0.3, -0.25) is 0 Å². The Hall–Kier alpha value is -2.17. The number of hydrogen-bond acceptors (Lipinski definition) is 3. The number of allylic oxidation sites excluding steroid dienone is 3. The molecule has 0 radical (unpaired) electrons. The number of carbonyl (C=O) groups is 1. The van der Waals surface area contributed by atoms with Gasteiger partial charge in [0.05, 0.1) is 18.4 Å². The van der Waals surface area contributed by atoms with Gasteiger partial charge in [0.2, 0.25) is 0 Å². The summed E-state index contributed by atoms with van der Waals surface area (Å²) in [5.74, 6) is 0. The summed E-state index contributed by atoms with van der Waals surface area (Å²) < 4.78 is 0. The molecule has 2 aliphatic carbocycles. The monoisotopic (exact) mass is 340 g/mol. The summed E-state index contributed by atoms with van der Waals surface area (Å²) in [6.07, 6.45) is 18.0. The molecule has 0 saturated heterocycles. The van der Waals surface area contributed by atoms with E-state index >= 15 is 0 Å². The molecule has 1 unspecified atom stereocenters. The average Bonchev–Trinajstić information content (AvgIpc) is 3.13. The third-order valence-corrected chi connectivity index (χ3v) is 5.88. The predicted octanol–water partition coefficient (Wildman–Crippen LogP) is 2.86. The van der Waals surface area contributed by atoms with Crippen molar-refractivity contribution in [2.45, 2.75) is 50.6 Å². The Bertz CT molecular complexity index is 655. The van der Waals surface area contributed by atoms with Crippen molar-refractivity contribution in [2.24, 2.45) is 0 Å². The Labute approximate surface area is 150 Å². The Kier molecular flexibility index (Phi) is 4.55. The smallest absolute Gasteiger partial charge is 0.317 e. The van der Waals surface area contributed by atoms with Gasteiger partial charge >= 0.3 is 6.03 Å². The van der Waals surface area contributed by atoms with Crippen molar-refractivity contribution in [1.29, 1.82) is 0 Å². The highest BCUT2D eigenvalue weighted by Gasteiger charge is 2.36. The zero-order chi connectivity index (χ0) is 17.2. The van der Waals surface area contributed by atoms with Crippen molar-refractivity contribution >= 4 is 6.03 Å². The summed E-state index contributed by atoms with van der Waals surface area (Å²) in [6, 6.07) is 0.669. The summed E-state index contributed by atoms with van der Waals surface area (Å²) >= 11 is 0. The molecular weight excluding hydrogens is 312 g/mol. The fourth-order valence-corrected chi connectivity index (χ4v) is 4.42. The number of urea groups is 1. The second-order valence-electron chi connectivity index (χ2n) is 7.38. The van der Waals surface area contributed by atoms with Gasteiger partial charge < -0.3 is 20.4 Å². The van der Waals surface area contributed by atoms with Gasteiger partial charge in [-0.1, -0.05) is 43.6 Å². The zero-order valence-electron chi connectivity index (χ0n) is 15.0. The topological polar surface area (TPSA) is 47.6 Å². The van der Waals surface area contributed by atoms with Gasteiger partial charge in [0, 0.05) is 31.4 Å². The first-order valence-corrected chi connectivity index (χ1v) is 9.54. The molecule has 1 fully saturated rings. The lowest BCUT2D eigenvalue weighted by molar-refractivity contribution is 0.171. The average molecular weight is 340 g/mol. The predicted molar refractivity (Wildman–Crippen MR) is 99.7 cm³/mol. The molecule has 0 spiro atoms. The van der Waals surface area contributed by atoms with E-state index in [0.717, 1.165) is 25.9 Å². The molecule has 2 heterocycles. The molecule has 0 bridgehead atoms. The number of hydrogen-bond donors (Lipinski definition) is 2. The van der Waals surface area contributed by atoms with Gasteiger partial charge in [0.15, 0.2) is 0 Å². The van der Waals surface area contributed by atoms with E-state index in [1.807, 2.05) is 11.9 Å². The molecule has 0 aromatic carbocycles. The van der Waals surface area contributed by atoms with Crippen molar-refractivity contribution in [2.75, 3.05) is 20.3 Å². The number of nitrogens with one attached hydrogen (secondary N) is 2. The number of amides is 2. The van der Waals surface area contributed by atoms with E-state index < -0.39 is 0 Å². The summed E-state index contributed by atoms with van der Waals surface area (Å²) in [4.78, 5) is 16.9. The van der Waals surface area contributed by atoms with E-state index in [0.29, 0.717) is 12.6 Å². The number of fused-ring (bicyclic) bond motifs is 2. The minimum Gasteiger partial charge on any atom is -0.372 e. The second-order valence-corrected chi connectivity index (χ2v) is 7.38. The van der Waals surface area contributed by atoms with E-state index in [4.69, 9.17) is 0 Å². The molecule has 1 saturated carbocycles. The molecule has 2 N–H and O–H groups in total. The van der Waals surface area contributed by atoms with Gasteiger partial charge in [-0.05, 0) is 24.8 Å². The molecule has 134 valence electrons. The molecular formula is C20H28N4O. The molecule has 5 nitrogen and oxygen atoms in total. The Morgan fingerprint density at radius 1 is 1.28 bits per heavy atom. The molecule has 1 atom stereocenters. The highest BCUT2D eigenvalue weighted by Crippen LogP contribution is 2.37. The number of rotatable bonds is 3. The van der Waals surface area contributed by atoms with Gasteiger partial charge in [-0.2, -0.15) is 0 Å². The van der Waals surface area contributed by atoms with Crippen LogP contribution >= 0.6 is 0 Å². The standard InChI is InChI=1S/C20H28N4O/c1-23(15-8-4-2-5-9-15)20(25)22-13-19-17-11-7-3-6-10-16(17)18-12-21-14-24(18)19/h6-7,10-12,15,19,21H,2-5,8-9,13-14H2,1H3,(H,22,25). The fraction of sp³-hybridized carbons (Fsp3) is 0.550. The molecule has 0 aromatic rings. The maximum absolute atomic E-state index is 12.6. The molecule has 2 amide bonds. The van der Waals surface area contributed by atoms with E-state index in [1.54, 1.807) is 0 Å². The minimum absolute atomic E-state index is 0.0618. The third-order valence-electron chi connectivity index (χ3n) is 5.88. The molecule has 4 rings (SSSR count). The summed E-state index contributed by atoms with van der Waals surface area (Å²) in [5, 5.41) is 6.50. The van der Waals surface area contributed by atoms with Crippen LogP contribution in [0.5, 0.6) is 0 Å². The van der Waals surface area contributed by atoms with Crippen molar-refractivity contribution in [3.05, 3.63) is 47.3 Å². The Balaban J connectivity index is 1.43. The lowest BCUT2D eigenvalue weighted by Gasteiger charge is -2.32. The van der Waals surface area contributed by atoms with Gasteiger partial charge in [-0.25, -0.2) is 4.79 Å². The zero-order valence-corrected chi connectivity index (χ0v) is 15.0. The third kappa shape index (κ3) is 3.08. The van der Waals surface area contributed by atoms with Crippen molar-refractivity contribution < 1.29 is 4.79 Å². The highest BCUT2D eigenvalue weighted by molar-refractivity contribution is 5.74. The van der Waals surface area contributed by atoms with Crippen molar-refractivity contribution in [3.8, 4) is 0 Å². The summed E-state index contributed by atoms with van der Waals surface area (Å²) in [7, 11) is 1.95. The Morgan fingerprint density at radius 2 is 2.08 bits per heavy atom. The lowest BCUT2D eigenvalue weighted by atomic mass is 9.95. The van der Waals surface area contributed by atoms with Crippen LogP contribution in [-0.2, 0) is 0 Å². The van der Waals surface area contributed by atoms with Gasteiger partial charge in [0.25, 0.3) is 0 Å². The van der Waals surface area contributed by atoms with Crippen LogP contribution in [0.4, 0.5) is 4.79 Å². The first kappa shape index (κ1) is 16.3. The minimum atomic E-state index is 0.0618. The van der Waals surface area contributed by atoms with Crippen LogP contribution < -0.4 is 10.6 Å². The number of carbonyl (C=O) groups excluding carboxylic acids is 1. The first-order chi connectivity index (χ1) is 12.3. The summed E-state index contributed by atoms with van der Waals surface area (Å²) in [6.45, 7) is 1.45. The largest absolute Gasteiger partial charge is 0.372 e. The van der Waals surface area contributed by atoms with Crippen molar-refractivity contribution in [3.63, 3.8) is 0 Å². The van der Waals surface area contributed by atoms with Gasteiger partial charge in [0.1, 0.15) is 0 Å². The van der Waals surface area contributed by atoms with Crippen molar-refractivity contribution in [1.82, 2.24) is 20.4 Å². The van der Waals surface area contributed by atoms with Crippen LogP contribution in [0.2, 0.25) is 0 Å². The normalized spacial score (nSPS) is 25.2. The van der Waals surface area contributed by atoms with Crippen LogP contribution in [0.3, 0.4) is 0 Å². The lowest BCUT2D eigenvalue weighted by Crippen LogP contribution is -2.48. The maximum Gasteiger partial charge on any atom is 0.317 e. The Morgan fingerprint density at radius 3 is 2.92 bits per heavy atom. The van der Waals surface area contributed by atoms with Crippen LogP contribution in [-0.4, -0.2) is 48.2 Å². The molecule has 5 heteroatoms. The van der Waals surface area contributed by atoms with E-state index in [9.17, 15) is 4.79 Å². The highest BCUT2D eigenvalue weighted by atomic mass is 16.2. The molecule has 25 heavy (non-hydrogen) atoms. The van der Waals surface area contributed by atoms with Crippen LogP contribution in [0, 0.1) is 0 Å². The quantitative estimate of drug-likeness (QED) is 0.830. The van der Waals surface area contributed by atoms with Crippen LogP contribution in [0.15, 0.2) is 47.3 Å². The fourth-order valence-electron chi connectivity index (χ4n) is 4.42. The van der Waals surface area contributed by atoms with Crippen LogP contribution in [0.1, 0.15) is 38.5 Å². The van der Waals surface area contributed by atoms with E-state index in [2.05, 4.69) is 46.0 Å². The maximum atomic E-state index is 12.6. The van der Waals surface area contributed by atoms with E-state index in [1.165, 1.54) is 36.1 Å². The second kappa shape index (κ2) is 6.98. The molecule has 0 aromatic heterocycles. The van der Waals surface area contributed by atoms with Crippen LogP contribution in [0.25, 0.3) is 0 Å². The first-order valence-electron chi connectivity index (χ1n) is 9.54. The summed E-state index contributed by atoms with van der Waals surface area (Å²) in [5.41, 5.74) is 3.86. The van der Waals surface area contributed by atoms with E-state index in [-0.39, 0.29) is 12.1 Å². The number of nitrogens with zero attached hydrogens (tertiary/aromatic N) is 2. The molecule has 4 aliphatic rings. The molecule has 2 aliphatic heterocycles. The van der Waals surface area contributed by atoms with Gasteiger partial charge in [-0.15, -0.1) is 0 Å². The SMILES string of the molecule is CN(C(=O)NCC1C2=C(C=CCC=C2)C2=CNCN21)C1CCCCC1.